The third kappa shape index (κ3) is 5.55. The monoisotopic (exact) mass is 237 g/mol. The minimum absolute atomic E-state index is 0.0151. The van der Waals surface area contributed by atoms with E-state index in [2.05, 4.69) is 6.58 Å². The second-order valence-corrected chi connectivity index (χ2v) is 2.53. The molecule has 0 aliphatic carbocycles. The van der Waals surface area contributed by atoms with Crippen LogP contribution in [0.3, 0.4) is 0 Å². The van der Waals surface area contributed by atoms with E-state index in [1.807, 2.05) is 7.05 Å². The zero-order chi connectivity index (χ0) is 7.28. The largest absolute Gasteiger partial charge is 0.358 e. The minimum Gasteiger partial charge on any atom is -0.358 e. The lowest BCUT2D eigenvalue weighted by Gasteiger charge is -2.02. The number of rotatable bonds is 3. The number of halogens is 1. The van der Waals surface area contributed by atoms with Crippen molar-refractivity contribution in [2.24, 2.45) is 0 Å². The van der Waals surface area contributed by atoms with Gasteiger partial charge in [-0.05, 0) is 6.20 Å². The summed E-state index contributed by atoms with van der Waals surface area (Å²) in [5, 5.41) is 0. The van der Waals surface area contributed by atoms with Crippen LogP contribution in [0, 0.1) is 0 Å². The van der Waals surface area contributed by atoms with E-state index in [0.717, 1.165) is 0 Å². The molecule has 0 amide bonds. The van der Waals surface area contributed by atoms with Crippen LogP contribution in [0.25, 0.3) is 0 Å². The van der Waals surface area contributed by atoms with Crippen LogP contribution in [0.5, 0.6) is 0 Å². The summed E-state index contributed by atoms with van der Waals surface area (Å²) in [6.07, 6.45) is 4.75. The summed E-state index contributed by atoms with van der Waals surface area (Å²) in [6.45, 7) is 3.50. The molecule has 0 bridgehead atoms. The van der Waals surface area contributed by atoms with Crippen LogP contribution in [0.15, 0.2) is 25.1 Å². The first-order valence-corrected chi connectivity index (χ1v) is 3.47. The number of hydrogen-bond acceptors (Lipinski definition) is 2. The highest BCUT2D eigenvalue weighted by Crippen LogP contribution is 1.89. The Morgan fingerprint density at radius 1 is 1.78 bits per heavy atom. The number of carbonyl (C=O) groups is 1. The number of nitrogens with zero attached hydrogens (tertiary/aromatic N) is 1. The molecule has 0 N–H and O–H groups in total. The smallest absolute Gasteiger partial charge is 0.216 e. The highest BCUT2D eigenvalue weighted by molar-refractivity contribution is 14.1. The lowest BCUT2D eigenvalue weighted by molar-refractivity contribution is -0.105. The van der Waals surface area contributed by atoms with Crippen molar-refractivity contribution in [3.05, 3.63) is 25.1 Å². The van der Waals surface area contributed by atoms with Crippen LogP contribution in [-0.4, -0.2) is 15.7 Å². The van der Waals surface area contributed by atoms with E-state index >= 15 is 0 Å². The molecule has 0 aromatic rings. The van der Waals surface area contributed by atoms with E-state index in [1.54, 1.807) is 39.9 Å². The Balaban J connectivity index is 3.69. The van der Waals surface area contributed by atoms with Crippen molar-refractivity contribution in [3.63, 3.8) is 0 Å². The molecular weight excluding hydrogens is 229 g/mol. The minimum atomic E-state index is 0.0151. The fraction of sp³-hybridized carbons (Fsp3) is 0.167. The standard InChI is InChI=1S/C6H8INO/c1-3-8(2)5-4-6(7)9/h3-5H,1H2,2H3/b5-4-. The van der Waals surface area contributed by atoms with Crippen LogP contribution < -0.4 is 0 Å². The molecule has 3 heteroatoms. The first kappa shape index (κ1) is 8.68. The zero-order valence-electron chi connectivity index (χ0n) is 5.17. The molecule has 0 saturated carbocycles. The highest BCUT2D eigenvalue weighted by Gasteiger charge is 1.83. The molecule has 0 aromatic carbocycles. The zero-order valence-corrected chi connectivity index (χ0v) is 7.33. The molecule has 0 unspecified atom stereocenters. The highest BCUT2D eigenvalue weighted by atomic mass is 127. The van der Waals surface area contributed by atoms with Gasteiger partial charge in [-0.2, -0.15) is 0 Å². The van der Waals surface area contributed by atoms with Crippen molar-refractivity contribution < 1.29 is 4.79 Å². The number of carbonyl (C=O) groups excluding carboxylic acids is 1. The molecule has 0 aromatic heterocycles. The quantitative estimate of drug-likeness (QED) is 0.421. The third-order valence-corrected chi connectivity index (χ3v) is 1.09. The van der Waals surface area contributed by atoms with Gasteiger partial charge in [0.15, 0.2) is 0 Å². The SMILES string of the molecule is C=CN(C)/C=C\C(=O)I. The first-order valence-electron chi connectivity index (χ1n) is 2.39. The van der Waals surface area contributed by atoms with Crippen molar-refractivity contribution in [1.29, 1.82) is 0 Å². The van der Waals surface area contributed by atoms with E-state index < -0.39 is 0 Å². The Kier molecular flexibility index (Phi) is 4.39. The van der Waals surface area contributed by atoms with Gasteiger partial charge >= 0.3 is 0 Å². The number of hydrogen-bond donors (Lipinski definition) is 0. The summed E-state index contributed by atoms with van der Waals surface area (Å²) >= 11 is 1.71. The summed E-state index contributed by atoms with van der Waals surface area (Å²) in [7, 11) is 1.81. The average Bonchev–Trinajstić information content (AvgIpc) is 1.83. The van der Waals surface area contributed by atoms with Gasteiger partial charge in [-0.3, -0.25) is 4.79 Å². The van der Waals surface area contributed by atoms with Gasteiger partial charge in [-0.15, -0.1) is 0 Å². The van der Waals surface area contributed by atoms with Crippen molar-refractivity contribution >= 4 is 26.4 Å². The van der Waals surface area contributed by atoms with Gasteiger partial charge in [0.25, 0.3) is 0 Å². The number of allylic oxidation sites excluding steroid dienone is 1. The maximum Gasteiger partial charge on any atom is 0.216 e. The van der Waals surface area contributed by atoms with Gasteiger partial charge in [-0.25, -0.2) is 0 Å². The summed E-state index contributed by atoms with van der Waals surface area (Å²) in [5.41, 5.74) is 0. The fourth-order valence-electron chi connectivity index (χ4n) is 0.237. The molecule has 0 radical (unpaired) electrons. The van der Waals surface area contributed by atoms with E-state index in [0.29, 0.717) is 0 Å². The predicted octanol–water partition coefficient (Wildman–Crippen LogP) is 1.54. The Hall–Kier alpha value is -0.320. The average molecular weight is 237 g/mol. The molecular formula is C6H8INO. The van der Waals surface area contributed by atoms with E-state index in [1.165, 1.54) is 6.08 Å². The molecule has 0 spiro atoms. The van der Waals surface area contributed by atoms with Crippen LogP contribution in [-0.2, 0) is 4.79 Å². The summed E-state index contributed by atoms with van der Waals surface area (Å²) in [6, 6.07) is 0. The van der Waals surface area contributed by atoms with Crippen LogP contribution in [0.4, 0.5) is 0 Å². The molecule has 9 heavy (non-hydrogen) atoms. The van der Waals surface area contributed by atoms with Gasteiger partial charge in [-0.1, -0.05) is 6.58 Å². The molecule has 0 saturated heterocycles. The molecule has 50 valence electrons. The Bertz CT molecular complexity index is 142. The molecule has 0 heterocycles. The van der Waals surface area contributed by atoms with E-state index in [-0.39, 0.29) is 3.79 Å². The van der Waals surface area contributed by atoms with Crippen molar-refractivity contribution in [1.82, 2.24) is 4.90 Å². The Morgan fingerprint density at radius 2 is 2.33 bits per heavy atom. The predicted molar refractivity (Wildman–Crippen MR) is 46.1 cm³/mol. The van der Waals surface area contributed by atoms with Gasteiger partial charge in [0.05, 0.1) is 0 Å². The molecule has 0 atom stereocenters. The lowest BCUT2D eigenvalue weighted by atomic mass is 10.6. The molecule has 0 rings (SSSR count). The second kappa shape index (κ2) is 4.55. The van der Waals surface area contributed by atoms with Gasteiger partial charge in [0, 0.05) is 41.9 Å². The topological polar surface area (TPSA) is 20.3 Å². The van der Waals surface area contributed by atoms with Gasteiger partial charge in [0.2, 0.25) is 3.79 Å². The van der Waals surface area contributed by atoms with Crippen molar-refractivity contribution in [2.45, 2.75) is 0 Å². The second-order valence-electron chi connectivity index (χ2n) is 1.47. The maximum absolute atomic E-state index is 10.3. The maximum atomic E-state index is 10.3. The molecule has 0 aliphatic rings. The van der Waals surface area contributed by atoms with Crippen molar-refractivity contribution in [2.75, 3.05) is 7.05 Å². The van der Waals surface area contributed by atoms with Crippen LogP contribution >= 0.6 is 22.6 Å². The van der Waals surface area contributed by atoms with Crippen LogP contribution in [0.2, 0.25) is 0 Å². The Morgan fingerprint density at radius 3 is 2.67 bits per heavy atom. The fourth-order valence-corrected chi connectivity index (χ4v) is 0.398. The van der Waals surface area contributed by atoms with Crippen LogP contribution in [0.1, 0.15) is 0 Å². The summed E-state index contributed by atoms with van der Waals surface area (Å²) < 4.78 is 0.0151. The first-order chi connectivity index (χ1) is 4.16. The van der Waals surface area contributed by atoms with E-state index in [9.17, 15) is 4.79 Å². The third-order valence-electron chi connectivity index (χ3n) is 0.729. The lowest BCUT2D eigenvalue weighted by Crippen LogP contribution is -1.98. The van der Waals surface area contributed by atoms with Crippen molar-refractivity contribution in [3.8, 4) is 0 Å². The normalized spacial score (nSPS) is 9.56. The summed E-state index contributed by atoms with van der Waals surface area (Å²) in [4.78, 5) is 12.0. The molecule has 0 aliphatic heterocycles. The Labute approximate surface area is 68.4 Å². The molecule has 0 fully saturated rings. The molecule has 2 nitrogen and oxygen atoms in total. The van der Waals surface area contributed by atoms with E-state index in [4.69, 9.17) is 0 Å². The van der Waals surface area contributed by atoms with Gasteiger partial charge < -0.3 is 4.90 Å². The summed E-state index contributed by atoms with van der Waals surface area (Å²) in [5.74, 6) is 0. The van der Waals surface area contributed by atoms with Gasteiger partial charge in [0.1, 0.15) is 0 Å².